The fourth-order valence-corrected chi connectivity index (χ4v) is 3.31. The van der Waals surface area contributed by atoms with Crippen LogP contribution in [0, 0.1) is 5.92 Å². The molecule has 1 aromatic rings. The number of aromatic carboxylic acids is 1. The zero-order chi connectivity index (χ0) is 17.8. The number of carbonyl (C=O) groups excluding carboxylic acids is 1. The molecule has 0 radical (unpaired) electrons. The minimum atomic E-state index is -1.00. The van der Waals surface area contributed by atoms with Gasteiger partial charge in [-0.25, -0.2) is 4.79 Å². The molecule has 7 heteroatoms. The van der Waals surface area contributed by atoms with E-state index in [4.69, 9.17) is 19.3 Å². The minimum absolute atomic E-state index is 0.0482. The van der Waals surface area contributed by atoms with Crippen LogP contribution in [0.15, 0.2) is 18.2 Å². The van der Waals surface area contributed by atoms with E-state index < -0.39 is 5.97 Å². The van der Waals surface area contributed by atoms with Crippen molar-refractivity contribution in [3.05, 3.63) is 29.3 Å². The van der Waals surface area contributed by atoms with Gasteiger partial charge in [-0.05, 0) is 25.0 Å². The van der Waals surface area contributed by atoms with E-state index in [1.165, 1.54) is 12.1 Å². The van der Waals surface area contributed by atoms with Crippen LogP contribution in [0.25, 0.3) is 0 Å². The monoisotopic (exact) mass is 349 g/mol. The smallest absolute Gasteiger partial charge is 0.335 e. The molecule has 136 valence electrons. The Hall–Kier alpha value is -2.12. The van der Waals surface area contributed by atoms with E-state index in [1.807, 2.05) is 4.90 Å². The summed E-state index contributed by atoms with van der Waals surface area (Å²) in [4.78, 5) is 26.0. The van der Waals surface area contributed by atoms with Crippen molar-refractivity contribution in [1.29, 1.82) is 0 Å². The minimum Gasteiger partial charge on any atom is -0.491 e. The Kier molecular flexibility index (Phi) is 5.55. The second kappa shape index (κ2) is 7.84. The maximum absolute atomic E-state index is 13.0. The topological polar surface area (TPSA) is 85.3 Å². The summed E-state index contributed by atoms with van der Waals surface area (Å²) in [6, 6.07) is 4.57. The summed E-state index contributed by atoms with van der Waals surface area (Å²) in [5, 5.41) is 9.15. The summed E-state index contributed by atoms with van der Waals surface area (Å²) in [5.41, 5.74) is 0.982. The number of fused-ring (bicyclic) bond motifs is 1. The SMILES string of the molecule is COC[C@@H]1COc2cc(C(=O)O)ccc2CN1C(=O)C1CCOCC1. The number of carbonyl (C=O) groups is 2. The third kappa shape index (κ3) is 3.93. The number of amides is 1. The lowest BCUT2D eigenvalue weighted by Crippen LogP contribution is -2.47. The van der Waals surface area contributed by atoms with Crippen LogP contribution < -0.4 is 4.74 Å². The second-order valence-corrected chi connectivity index (χ2v) is 6.40. The molecule has 0 bridgehead atoms. The van der Waals surface area contributed by atoms with Crippen LogP contribution in [0.1, 0.15) is 28.8 Å². The molecule has 25 heavy (non-hydrogen) atoms. The molecule has 1 saturated heterocycles. The number of benzene rings is 1. The van der Waals surface area contributed by atoms with Crippen LogP contribution in [-0.2, 0) is 20.8 Å². The summed E-state index contributed by atoms with van der Waals surface area (Å²) in [6.07, 6.45) is 1.45. The largest absolute Gasteiger partial charge is 0.491 e. The van der Waals surface area contributed by atoms with Gasteiger partial charge >= 0.3 is 5.97 Å². The summed E-state index contributed by atoms with van der Waals surface area (Å²) < 4.78 is 16.4. The molecule has 1 aromatic carbocycles. The molecule has 1 N–H and O–H groups in total. The molecule has 1 amide bonds. The Bertz CT molecular complexity index is 640. The summed E-state index contributed by atoms with van der Waals surface area (Å²) >= 11 is 0. The van der Waals surface area contributed by atoms with E-state index in [0.29, 0.717) is 32.1 Å². The molecule has 2 aliphatic heterocycles. The number of carboxylic acid groups (broad SMARTS) is 1. The molecule has 1 fully saturated rings. The summed E-state index contributed by atoms with van der Waals surface area (Å²) in [5.74, 6) is -0.445. The first-order chi connectivity index (χ1) is 12.1. The van der Waals surface area contributed by atoms with Crippen molar-refractivity contribution < 1.29 is 28.9 Å². The maximum Gasteiger partial charge on any atom is 0.335 e. The quantitative estimate of drug-likeness (QED) is 0.888. The number of hydrogen-bond acceptors (Lipinski definition) is 5. The maximum atomic E-state index is 13.0. The van der Waals surface area contributed by atoms with Crippen molar-refractivity contribution in [2.75, 3.05) is 33.5 Å². The number of hydrogen-bond donors (Lipinski definition) is 1. The predicted molar refractivity (Wildman–Crippen MR) is 88.7 cm³/mol. The zero-order valence-corrected chi connectivity index (χ0v) is 14.3. The molecular weight excluding hydrogens is 326 g/mol. The first-order valence-corrected chi connectivity index (χ1v) is 8.46. The van der Waals surface area contributed by atoms with E-state index in [1.54, 1.807) is 13.2 Å². The van der Waals surface area contributed by atoms with Gasteiger partial charge in [-0.15, -0.1) is 0 Å². The van der Waals surface area contributed by atoms with Gasteiger partial charge in [-0.3, -0.25) is 4.79 Å². The summed E-state index contributed by atoms with van der Waals surface area (Å²) in [6.45, 7) is 2.25. The first kappa shape index (κ1) is 17.7. The van der Waals surface area contributed by atoms with Gasteiger partial charge in [0.05, 0.1) is 18.2 Å². The van der Waals surface area contributed by atoms with Gasteiger partial charge in [-0.1, -0.05) is 6.07 Å². The van der Waals surface area contributed by atoms with E-state index in [2.05, 4.69) is 0 Å². The van der Waals surface area contributed by atoms with Gasteiger partial charge in [0.1, 0.15) is 12.4 Å². The number of ether oxygens (including phenoxy) is 3. The molecule has 7 nitrogen and oxygen atoms in total. The zero-order valence-electron chi connectivity index (χ0n) is 14.3. The van der Waals surface area contributed by atoms with Crippen molar-refractivity contribution in [1.82, 2.24) is 4.90 Å². The van der Waals surface area contributed by atoms with Gasteiger partial charge in [-0.2, -0.15) is 0 Å². The standard InChI is InChI=1S/C18H23NO6/c1-23-10-15-11-25-16-8-13(18(21)22)2-3-14(16)9-19(15)17(20)12-4-6-24-7-5-12/h2-3,8,12,15H,4-7,9-11H2,1H3,(H,21,22)/t15-/m1/s1. The fraction of sp³-hybridized carbons (Fsp3) is 0.556. The lowest BCUT2D eigenvalue weighted by molar-refractivity contribution is -0.143. The molecule has 3 rings (SSSR count). The van der Waals surface area contributed by atoms with Crippen molar-refractivity contribution >= 4 is 11.9 Å². The normalized spacial score (nSPS) is 21.2. The van der Waals surface area contributed by atoms with Crippen LogP contribution >= 0.6 is 0 Å². The van der Waals surface area contributed by atoms with Crippen LogP contribution in [0.2, 0.25) is 0 Å². The van der Waals surface area contributed by atoms with Crippen LogP contribution in [0.5, 0.6) is 5.75 Å². The Morgan fingerprint density at radius 2 is 2.08 bits per heavy atom. The number of methoxy groups -OCH3 is 1. The molecule has 2 aliphatic rings. The lowest BCUT2D eigenvalue weighted by atomic mass is 9.97. The van der Waals surface area contributed by atoms with E-state index in [0.717, 1.165) is 18.4 Å². The predicted octanol–water partition coefficient (Wildman–Crippen LogP) is 1.55. The van der Waals surface area contributed by atoms with Crippen molar-refractivity contribution in [2.45, 2.75) is 25.4 Å². The first-order valence-electron chi connectivity index (χ1n) is 8.46. The van der Waals surface area contributed by atoms with Crippen LogP contribution in [0.4, 0.5) is 0 Å². The number of rotatable bonds is 4. The Balaban J connectivity index is 1.85. The number of carboxylic acids is 1. The highest BCUT2D eigenvalue weighted by Gasteiger charge is 2.33. The van der Waals surface area contributed by atoms with Gasteiger partial charge < -0.3 is 24.2 Å². The molecule has 0 aliphatic carbocycles. The van der Waals surface area contributed by atoms with Gasteiger partial charge in [0, 0.05) is 38.3 Å². The average Bonchev–Trinajstić information content (AvgIpc) is 2.81. The van der Waals surface area contributed by atoms with Gasteiger partial charge in [0.15, 0.2) is 0 Å². The van der Waals surface area contributed by atoms with E-state index in [-0.39, 0.29) is 30.0 Å². The lowest BCUT2D eigenvalue weighted by Gasteiger charge is -2.33. The Morgan fingerprint density at radius 1 is 1.32 bits per heavy atom. The molecule has 2 heterocycles. The molecule has 0 unspecified atom stereocenters. The number of nitrogens with zero attached hydrogens (tertiary/aromatic N) is 1. The fourth-order valence-electron chi connectivity index (χ4n) is 3.31. The van der Waals surface area contributed by atoms with Crippen LogP contribution in [0.3, 0.4) is 0 Å². The Labute approximate surface area is 146 Å². The summed E-state index contributed by atoms with van der Waals surface area (Å²) in [7, 11) is 1.59. The van der Waals surface area contributed by atoms with Crippen LogP contribution in [-0.4, -0.2) is 61.5 Å². The van der Waals surface area contributed by atoms with Crippen molar-refractivity contribution in [3.8, 4) is 5.75 Å². The molecule has 0 saturated carbocycles. The highest BCUT2D eigenvalue weighted by molar-refractivity contribution is 5.88. The molecule has 1 atom stereocenters. The van der Waals surface area contributed by atoms with Crippen molar-refractivity contribution in [2.24, 2.45) is 5.92 Å². The third-order valence-corrected chi connectivity index (χ3v) is 4.74. The second-order valence-electron chi connectivity index (χ2n) is 6.40. The van der Waals surface area contributed by atoms with Gasteiger partial charge in [0.25, 0.3) is 0 Å². The highest BCUT2D eigenvalue weighted by Crippen LogP contribution is 2.29. The molecular formula is C18H23NO6. The molecule has 0 spiro atoms. The highest BCUT2D eigenvalue weighted by atomic mass is 16.5. The van der Waals surface area contributed by atoms with E-state index in [9.17, 15) is 9.59 Å². The Morgan fingerprint density at radius 3 is 2.76 bits per heavy atom. The molecule has 0 aromatic heterocycles. The van der Waals surface area contributed by atoms with E-state index >= 15 is 0 Å². The average molecular weight is 349 g/mol. The van der Waals surface area contributed by atoms with Gasteiger partial charge in [0.2, 0.25) is 5.91 Å². The van der Waals surface area contributed by atoms with Crippen molar-refractivity contribution in [3.63, 3.8) is 0 Å². The third-order valence-electron chi connectivity index (χ3n) is 4.74.